The van der Waals surface area contributed by atoms with Crippen molar-refractivity contribution in [1.29, 1.82) is 0 Å². The van der Waals surface area contributed by atoms with Crippen LogP contribution in [0.2, 0.25) is 5.02 Å². The van der Waals surface area contributed by atoms with Crippen molar-refractivity contribution in [2.24, 2.45) is 10.9 Å². The molecule has 0 radical (unpaired) electrons. The van der Waals surface area contributed by atoms with E-state index < -0.39 is 5.97 Å². The third-order valence-corrected chi connectivity index (χ3v) is 2.74. The van der Waals surface area contributed by atoms with Crippen LogP contribution in [0.15, 0.2) is 59.8 Å². The molecule has 108 valence electrons. The number of rotatable bonds is 5. The van der Waals surface area contributed by atoms with Crippen molar-refractivity contribution in [2.75, 3.05) is 6.61 Å². The molecule has 0 unspecified atom stereocenters. The number of oxime groups is 1. The van der Waals surface area contributed by atoms with Crippen LogP contribution in [-0.2, 0) is 9.63 Å². The second kappa shape index (κ2) is 7.31. The molecule has 0 aliphatic heterocycles. The normalized spacial score (nSPS) is 11.0. The first-order chi connectivity index (χ1) is 10.1. The molecule has 2 N–H and O–H groups in total. The Hall–Kier alpha value is -2.53. The topological polar surface area (TPSA) is 73.9 Å². The Morgan fingerprint density at radius 3 is 2.43 bits per heavy atom. The van der Waals surface area contributed by atoms with Crippen molar-refractivity contribution in [1.82, 2.24) is 0 Å². The number of ether oxygens (including phenoxy) is 1. The fraction of sp³-hybridized carbons (Fsp3) is 0.0667. The van der Waals surface area contributed by atoms with Gasteiger partial charge in [0.05, 0.1) is 0 Å². The molecule has 0 spiro atoms. The molecule has 0 aromatic heterocycles. The first-order valence-corrected chi connectivity index (χ1v) is 6.50. The number of hydrogen-bond donors (Lipinski definition) is 1. The van der Waals surface area contributed by atoms with E-state index in [9.17, 15) is 4.79 Å². The van der Waals surface area contributed by atoms with Crippen molar-refractivity contribution in [3.8, 4) is 5.75 Å². The first-order valence-electron chi connectivity index (χ1n) is 6.12. The van der Waals surface area contributed by atoms with Crippen molar-refractivity contribution in [3.63, 3.8) is 0 Å². The molecule has 0 aliphatic rings. The van der Waals surface area contributed by atoms with Gasteiger partial charge in [0.1, 0.15) is 5.75 Å². The highest BCUT2D eigenvalue weighted by atomic mass is 35.5. The minimum absolute atomic E-state index is 0.121. The number of halogens is 1. The molecular weight excluding hydrogens is 292 g/mol. The summed E-state index contributed by atoms with van der Waals surface area (Å²) >= 11 is 5.74. The van der Waals surface area contributed by atoms with E-state index in [4.69, 9.17) is 22.1 Å². The average molecular weight is 305 g/mol. The number of carbonyl (C=O) groups is 1. The largest absolute Gasteiger partial charge is 0.482 e. The zero-order chi connectivity index (χ0) is 15.1. The Bertz CT molecular complexity index is 627. The highest BCUT2D eigenvalue weighted by molar-refractivity contribution is 6.30. The van der Waals surface area contributed by atoms with Crippen LogP contribution in [-0.4, -0.2) is 18.4 Å². The monoisotopic (exact) mass is 304 g/mol. The van der Waals surface area contributed by atoms with Gasteiger partial charge in [0.2, 0.25) is 0 Å². The van der Waals surface area contributed by atoms with Crippen LogP contribution in [0, 0.1) is 0 Å². The quantitative estimate of drug-likeness (QED) is 0.399. The maximum absolute atomic E-state index is 11.5. The number of nitrogens with zero attached hydrogens (tertiary/aromatic N) is 1. The fourth-order valence-electron chi connectivity index (χ4n) is 1.46. The standard InChI is InChI=1S/C15H13ClN2O3/c16-12-6-8-13(9-7-12)20-10-14(19)21-18-15(17)11-4-2-1-3-5-11/h1-9H,10H2,(H2,17,18). The van der Waals surface area contributed by atoms with Gasteiger partial charge in [-0.1, -0.05) is 47.1 Å². The minimum Gasteiger partial charge on any atom is -0.482 e. The van der Waals surface area contributed by atoms with Crippen molar-refractivity contribution in [2.45, 2.75) is 0 Å². The third-order valence-electron chi connectivity index (χ3n) is 2.49. The number of benzene rings is 2. The molecule has 0 fully saturated rings. The summed E-state index contributed by atoms with van der Waals surface area (Å²) in [5.74, 6) is -0.0179. The van der Waals surface area contributed by atoms with Gasteiger partial charge in [-0.25, -0.2) is 4.79 Å². The second-order valence-corrected chi connectivity index (χ2v) is 4.48. The number of carbonyl (C=O) groups excluding carboxylic acids is 1. The van der Waals surface area contributed by atoms with E-state index in [0.717, 1.165) is 0 Å². The molecule has 0 bridgehead atoms. The van der Waals surface area contributed by atoms with Crippen LogP contribution in [0.25, 0.3) is 0 Å². The molecule has 5 nitrogen and oxygen atoms in total. The molecule has 0 saturated heterocycles. The van der Waals surface area contributed by atoms with Gasteiger partial charge in [-0.3, -0.25) is 0 Å². The zero-order valence-corrected chi connectivity index (χ0v) is 11.8. The number of nitrogens with two attached hydrogens (primary N) is 1. The van der Waals surface area contributed by atoms with E-state index in [2.05, 4.69) is 9.99 Å². The van der Waals surface area contributed by atoms with E-state index in [1.165, 1.54) is 0 Å². The fourth-order valence-corrected chi connectivity index (χ4v) is 1.59. The minimum atomic E-state index is -0.649. The lowest BCUT2D eigenvalue weighted by atomic mass is 10.2. The average Bonchev–Trinajstić information content (AvgIpc) is 2.53. The van der Waals surface area contributed by atoms with Crippen LogP contribution in [0.5, 0.6) is 5.75 Å². The summed E-state index contributed by atoms with van der Waals surface area (Å²) in [5.41, 5.74) is 6.35. The molecule has 2 aromatic rings. The van der Waals surface area contributed by atoms with Gasteiger partial charge in [-0.15, -0.1) is 0 Å². The van der Waals surface area contributed by atoms with E-state index in [0.29, 0.717) is 16.3 Å². The van der Waals surface area contributed by atoms with Gasteiger partial charge in [-0.2, -0.15) is 0 Å². The SMILES string of the molecule is N/C(=N\OC(=O)COc1ccc(Cl)cc1)c1ccccc1. The van der Waals surface area contributed by atoms with Crippen LogP contribution in [0.1, 0.15) is 5.56 Å². The van der Waals surface area contributed by atoms with E-state index in [1.807, 2.05) is 18.2 Å². The Morgan fingerprint density at radius 2 is 1.76 bits per heavy atom. The van der Waals surface area contributed by atoms with Crippen LogP contribution in [0.3, 0.4) is 0 Å². The number of amidine groups is 1. The maximum atomic E-state index is 11.5. The van der Waals surface area contributed by atoms with E-state index in [-0.39, 0.29) is 12.4 Å². The van der Waals surface area contributed by atoms with Gasteiger partial charge >= 0.3 is 5.97 Å². The Morgan fingerprint density at radius 1 is 1.10 bits per heavy atom. The van der Waals surface area contributed by atoms with Crippen LogP contribution >= 0.6 is 11.6 Å². The van der Waals surface area contributed by atoms with Gasteiger partial charge in [0.15, 0.2) is 12.4 Å². The van der Waals surface area contributed by atoms with Gasteiger partial charge < -0.3 is 15.3 Å². The summed E-state index contributed by atoms with van der Waals surface area (Å²) in [6, 6.07) is 15.6. The Labute approximate surface area is 126 Å². The molecule has 0 amide bonds. The van der Waals surface area contributed by atoms with E-state index in [1.54, 1.807) is 36.4 Å². The summed E-state index contributed by atoms with van der Waals surface area (Å²) < 4.78 is 5.22. The van der Waals surface area contributed by atoms with E-state index >= 15 is 0 Å². The lowest BCUT2D eigenvalue weighted by Gasteiger charge is -2.04. The highest BCUT2D eigenvalue weighted by Crippen LogP contribution is 2.15. The molecule has 0 atom stereocenters. The predicted molar refractivity (Wildman–Crippen MR) is 80.2 cm³/mol. The van der Waals surface area contributed by atoms with Crippen molar-refractivity contribution in [3.05, 3.63) is 65.2 Å². The lowest BCUT2D eigenvalue weighted by molar-refractivity contribution is -0.146. The van der Waals surface area contributed by atoms with Gasteiger partial charge in [0.25, 0.3) is 0 Å². The molecule has 6 heteroatoms. The summed E-state index contributed by atoms with van der Waals surface area (Å²) in [4.78, 5) is 16.2. The summed E-state index contributed by atoms with van der Waals surface area (Å²) in [7, 11) is 0. The zero-order valence-electron chi connectivity index (χ0n) is 11.0. The van der Waals surface area contributed by atoms with Crippen LogP contribution in [0.4, 0.5) is 0 Å². The predicted octanol–water partition coefficient (Wildman–Crippen LogP) is 2.58. The van der Waals surface area contributed by atoms with Crippen LogP contribution < -0.4 is 10.5 Å². The molecule has 2 aromatic carbocycles. The molecule has 0 aliphatic carbocycles. The molecular formula is C15H13ClN2O3. The summed E-state index contributed by atoms with van der Waals surface area (Å²) in [6.45, 7) is -0.271. The second-order valence-electron chi connectivity index (χ2n) is 4.05. The van der Waals surface area contributed by atoms with Crippen molar-refractivity contribution >= 4 is 23.4 Å². The lowest BCUT2D eigenvalue weighted by Crippen LogP contribution is -2.17. The molecule has 21 heavy (non-hydrogen) atoms. The maximum Gasteiger partial charge on any atom is 0.372 e. The smallest absolute Gasteiger partial charge is 0.372 e. The Balaban J connectivity index is 1.83. The number of hydrogen-bond acceptors (Lipinski definition) is 4. The highest BCUT2D eigenvalue weighted by Gasteiger charge is 2.05. The Kier molecular flexibility index (Phi) is 5.17. The first kappa shape index (κ1) is 14.9. The van der Waals surface area contributed by atoms with Crippen molar-refractivity contribution < 1.29 is 14.4 Å². The molecule has 0 heterocycles. The van der Waals surface area contributed by atoms with Gasteiger partial charge in [-0.05, 0) is 24.3 Å². The summed E-state index contributed by atoms with van der Waals surface area (Å²) in [6.07, 6.45) is 0. The molecule has 2 rings (SSSR count). The molecule has 0 saturated carbocycles. The van der Waals surface area contributed by atoms with Gasteiger partial charge in [0, 0.05) is 10.6 Å². The third kappa shape index (κ3) is 4.81. The summed E-state index contributed by atoms with van der Waals surface area (Å²) in [5, 5.41) is 4.15.